The number of carbonyl (C=O) groups excluding carboxylic acids is 1. The number of rotatable bonds is 4. The van der Waals surface area contributed by atoms with Crippen LogP contribution in [-0.2, 0) is 4.79 Å². The Kier molecular flexibility index (Phi) is 4.84. The van der Waals surface area contributed by atoms with E-state index in [9.17, 15) is 4.79 Å². The standard InChI is InChI=1S/C14H26N2O/c1-2-15-13-8-5-9-16(11-13)14(17)10-12-6-3-4-7-12/h12-13,15H,2-11H2,1H3. The first-order valence-corrected chi connectivity index (χ1v) is 7.30. The van der Waals surface area contributed by atoms with Gasteiger partial charge in [-0.15, -0.1) is 0 Å². The topological polar surface area (TPSA) is 32.3 Å². The molecule has 1 N–H and O–H groups in total. The summed E-state index contributed by atoms with van der Waals surface area (Å²) in [7, 11) is 0. The average molecular weight is 238 g/mol. The highest BCUT2D eigenvalue weighted by Crippen LogP contribution is 2.28. The molecule has 1 aliphatic heterocycles. The molecule has 0 aromatic heterocycles. The molecule has 0 radical (unpaired) electrons. The van der Waals surface area contributed by atoms with Gasteiger partial charge in [0.25, 0.3) is 0 Å². The fourth-order valence-corrected chi connectivity index (χ4v) is 3.25. The smallest absolute Gasteiger partial charge is 0.222 e. The van der Waals surface area contributed by atoms with Crippen molar-refractivity contribution in [3.8, 4) is 0 Å². The van der Waals surface area contributed by atoms with Crippen molar-refractivity contribution < 1.29 is 4.79 Å². The van der Waals surface area contributed by atoms with Gasteiger partial charge < -0.3 is 10.2 Å². The minimum absolute atomic E-state index is 0.402. The Balaban J connectivity index is 1.77. The third-order valence-electron chi connectivity index (χ3n) is 4.20. The van der Waals surface area contributed by atoms with Gasteiger partial charge in [-0.3, -0.25) is 4.79 Å². The van der Waals surface area contributed by atoms with Crippen LogP contribution in [0.5, 0.6) is 0 Å². The predicted molar refractivity (Wildman–Crippen MR) is 69.9 cm³/mol. The van der Waals surface area contributed by atoms with E-state index >= 15 is 0 Å². The largest absolute Gasteiger partial charge is 0.341 e. The number of likely N-dealkylation sites (N-methyl/N-ethyl adjacent to an activating group) is 1. The molecule has 2 aliphatic rings. The molecule has 2 rings (SSSR count). The predicted octanol–water partition coefficient (Wildman–Crippen LogP) is 2.17. The van der Waals surface area contributed by atoms with Gasteiger partial charge in [0.1, 0.15) is 0 Å². The average Bonchev–Trinajstić information content (AvgIpc) is 2.83. The molecule has 98 valence electrons. The molecule has 0 bridgehead atoms. The number of nitrogens with one attached hydrogen (secondary N) is 1. The highest BCUT2D eigenvalue weighted by Gasteiger charge is 2.26. The van der Waals surface area contributed by atoms with Crippen molar-refractivity contribution in [2.24, 2.45) is 5.92 Å². The lowest BCUT2D eigenvalue weighted by atomic mass is 10.0. The van der Waals surface area contributed by atoms with Gasteiger partial charge >= 0.3 is 0 Å². The maximum absolute atomic E-state index is 12.2. The zero-order chi connectivity index (χ0) is 12.1. The van der Waals surface area contributed by atoms with Crippen LogP contribution in [0.25, 0.3) is 0 Å². The summed E-state index contributed by atoms with van der Waals surface area (Å²) in [5, 5.41) is 3.47. The third kappa shape index (κ3) is 3.70. The Morgan fingerprint density at radius 3 is 2.71 bits per heavy atom. The van der Waals surface area contributed by atoms with Gasteiger partial charge in [-0.2, -0.15) is 0 Å². The lowest BCUT2D eigenvalue weighted by Crippen LogP contribution is -2.48. The molecule has 1 amide bonds. The fraction of sp³-hybridized carbons (Fsp3) is 0.929. The second-order valence-corrected chi connectivity index (χ2v) is 5.59. The van der Waals surface area contributed by atoms with Crippen LogP contribution >= 0.6 is 0 Å². The molecule has 0 aromatic carbocycles. The highest BCUT2D eigenvalue weighted by atomic mass is 16.2. The van der Waals surface area contributed by atoms with E-state index in [2.05, 4.69) is 17.1 Å². The minimum atomic E-state index is 0.402. The Morgan fingerprint density at radius 1 is 1.24 bits per heavy atom. The molecule has 17 heavy (non-hydrogen) atoms. The molecular formula is C14H26N2O. The molecule has 1 saturated heterocycles. The van der Waals surface area contributed by atoms with E-state index in [0.29, 0.717) is 17.9 Å². The number of carbonyl (C=O) groups is 1. The highest BCUT2D eigenvalue weighted by molar-refractivity contribution is 5.76. The maximum atomic E-state index is 12.2. The van der Waals surface area contributed by atoms with E-state index < -0.39 is 0 Å². The summed E-state index contributed by atoms with van der Waals surface area (Å²) >= 11 is 0. The number of amides is 1. The van der Waals surface area contributed by atoms with Crippen LogP contribution in [0.4, 0.5) is 0 Å². The van der Waals surface area contributed by atoms with Crippen LogP contribution in [0.1, 0.15) is 51.9 Å². The van der Waals surface area contributed by atoms with Gasteiger partial charge in [-0.05, 0) is 38.1 Å². The van der Waals surface area contributed by atoms with Crippen LogP contribution in [-0.4, -0.2) is 36.5 Å². The van der Waals surface area contributed by atoms with Crippen molar-refractivity contribution in [2.75, 3.05) is 19.6 Å². The summed E-state index contributed by atoms with van der Waals surface area (Å²) in [4.78, 5) is 14.3. The van der Waals surface area contributed by atoms with E-state index in [1.165, 1.54) is 32.1 Å². The summed E-state index contributed by atoms with van der Waals surface area (Å²) in [6.07, 6.45) is 8.40. The van der Waals surface area contributed by atoms with E-state index in [4.69, 9.17) is 0 Å². The SMILES string of the molecule is CCNC1CCCN(C(=O)CC2CCCC2)C1. The summed E-state index contributed by atoms with van der Waals surface area (Å²) in [5.41, 5.74) is 0. The number of hydrogen-bond donors (Lipinski definition) is 1. The van der Waals surface area contributed by atoms with Crippen molar-refractivity contribution in [1.82, 2.24) is 10.2 Å². The first kappa shape index (κ1) is 12.9. The lowest BCUT2D eigenvalue weighted by Gasteiger charge is -2.33. The van der Waals surface area contributed by atoms with Gasteiger partial charge in [0.2, 0.25) is 5.91 Å². The van der Waals surface area contributed by atoms with Gasteiger partial charge in [0.05, 0.1) is 0 Å². The summed E-state index contributed by atoms with van der Waals surface area (Å²) in [5.74, 6) is 1.08. The fourth-order valence-electron chi connectivity index (χ4n) is 3.25. The van der Waals surface area contributed by atoms with Gasteiger partial charge in [-0.1, -0.05) is 19.8 Å². The molecule has 3 nitrogen and oxygen atoms in total. The number of nitrogens with zero attached hydrogens (tertiary/aromatic N) is 1. The van der Waals surface area contributed by atoms with Gasteiger partial charge in [0.15, 0.2) is 0 Å². The van der Waals surface area contributed by atoms with Gasteiger partial charge in [-0.25, -0.2) is 0 Å². The quantitative estimate of drug-likeness (QED) is 0.814. The number of hydrogen-bond acceptors (Lipinski definition) is 2. The summed E-state index contributed by atoms with van der Waals surface area (Å²) < 4.78 is 0. The molecule has 1 heterocycles. The molecular weight excluding hydrogens is 212 g/mol. The van der Waals surface area contributed by atoms with Crippen molar-refractivity contribution in [1.29, 1.82) is 0 Å². The molecule has 1 atom stereocenters. The lowest BCUT2D eigenvalue weighted by molar-refractivity contribution is -0.133. The first-order chi connectivity index (χ1) is 8.29. The second-order valence-electron chi connectivity index (χ2n) is 5.59. The molecule has 0 spiro atoms. The van der Waals surface area contributed by atoms with Crippen LogP contribution < -0.4 is 5.32 Å². The zero-order valence-electron chi connectivity index (χ0n) is 11.1. The molecule has 2 fully saturated rings. The zero-order valence-corrected chi connectivity index (χ0v) is 11.1. The number of piperidine rings is 1. The van der Waals surface area contributed by atoms with Crippen molar-refractivity contribution in [2.45, 2.75) is 57.9 Å². The van der Waals surface area contributed by atoms with Crippen molar-refractivity contribution >= 4 is 5.91 Å². The Bertz CT molecular complexity index is 247. The van der Waals surface area contributed by atoms with Gasteiger partial charge in [0, 0.05) is 25.6 Å². The normalized spacial score (nSPS) is 26.4. The van der Waals surface area contributed by atoms with Crippen LogP contribution in [0.2, 0.25) is 0 Å². The van der Waals surface area contributed by atoms with Crippen molar-refractivity contribution in [3.63, 3.8) is 0 Å². The third-order valence-corrected chi connectivity index (χ3v) is 4.20. The van der Waals surface area contributed by atoms with Crippen LogP contribution in [0, 0.1) is 5.92 Å². The van der Waals surface area contributed by atoms with Crippen LogP contribution in [0.15, 0.2) is 0 Å². The Labute approximate surface area is 105 Å². The minimum Gasteiger partial charge on any atom is -0.341 e. The van der Waals surface area contributed by atoms with E-state index in [1.54, 1.807) is 0 Å². The number of likely N-dealkylation sites (tertiary alicyclic amines) is 1. The maximum Gasteiger partial charge on any atom is 0.222 e. The van der Waals surface area contributed by atoms with Crippen molar-refractivity contribution in [3.05, 3.63) is 0 Å². The second kappa shape index (κ2) is 6.39. The first-order valence-electron chi connectivity index (χ1n) is 7.30. The Morgan fingerprint density at radius 2 is 2.00 bits per heavy atom. The molecule has 1 aliphatic carbocycles. The van der Waals surface area contributed by atoms with Crippen LogP contribution in [0.3, 0.4) is 0 Å². The molecule has 1 unspecified atom stereocenters. The van der Waals surface area contributed by atoms with E-state index in [1.807, 2.05) is 0 Å². The summed E-state index contributed by atoms with van der Waals surface area (Å²) in [6, 6.07) is 0.529. The summed E-state index contributed by atoms with van der Waals surface area (Å²) in [6.45, 7) is 5.06. The van der Waals surface area contributed by atoms with E-state index in [-0.39, 0.29) is 0 Å². The van der Waals surface area contributed by atoms with E-state index in [0.717, 1.165) is 32.5 Å². The Hall–Kier alpha value is -0.570. The molecule has 0 aromatic rings. The molecule has 1 saturated carbocycles. The molecule has 3 heteroatoms. The monoisotopic (exact) mass is 238 g/mol.